The Hall–Kier alpha value is -1.55. The van der Waals surface area contributed by atoms with Gasteiger partial charge in [-0.2, -0.15) is 0 Å². The molecule has 16 heavy (non-hydrogen) atoms. The average molecular weight is 280 g/mol. The van der Waals surface area contributed by atoms with Gasteiger partial charge >= 0.3 is 0 Å². The lowest BCUT2D eigenvalue weighted by Crippen LogP contribution is -2.04. The van der Waals surface area contributed by atoms with Gasteiger partial charge < -0.3 is 0 Å². The van der Waals surface area contributed by atoms with Crippen LogP contribution in [0.2, 0.25) is 0 Å². The Morgan fingerprint density at radius 2 is 1.88 bits per heavy atom. The lowest BCUT2D eigenvalue weighted by Gasteiger charge is -2.02. The molecule has 0 amide bonds. The summed E-state index contributed by atoms with van der Waals surface area (Å²) in [6.45, 7) is 0. The second-order valence-corrected chi connectivity index (χ2v) is 4.10. The molecular formula is C12H7BrFNO. The van der Waals surface area contributed by atoms with Crippen LogP contribution in [0.4, 0.5) is 4.39 Å². The zero-order valence-electron chi connectivity index (χ0n) is 8.15. The van der Waals surface area contributed by atoms with Crippen LogP contribution in [-0.4, -0.2) is 10.8 Å². The molecule has 0 spiro atoms. The summed E-state index contributed by atoms with van der Waals surface area (Å²) in [5, 5.41) is 0. The second kappa shape index (κ2) is 4.53. The molecular weight excluding hydrogens is 273 g/mol. The number of hydrogen-bond donors (Lipinski definition) is 0. The van der Waals surface area contributed by atoms with E-state index in [1.807, 2.05) is 0 Å². The van der Waals surface area contributed by atoms with Gasteiger partial charge in [-0.15, -0.1) is 0 Å². The van der Waals surface area contributed by atoms with Crippen molar-refractivity contribution in [2.24, 2.45) is 0 Å². The van der Waals surface area contributed by atoms with E-state index in [0.717, 1.165) is 0 Å². The van der Waals surface area contributed by atoms with E-state index in [9.17, 15) is 9.18 Å². The first-order chi connectivity index (χ1) is 7.68. The first-order valence-electron chi connectivity index (χ1n) is 4.58. The number of nitrogens with zero attached hydrogens (tertiary/aromatic N) is 1. The van der Waals surface area contributed by atoms with Gasteiger partial charge in [-0.25, -0.2) is 4.39 Å². The number of benzene rings is 1. The second-order valence-electron chi connectivity index (χ2n) is 3.19. The third kappa shape index (κ3) is 2.17. The van der Waals surface area contributed by atoms with Crippen molar-refractivity contribution in [1.82, 2.24) is 4.98 Å². The molecule has 0 bridgehead atoms. The molecule has 80 valence electrons. The van der Waals surface area contributed by atoms with Gasteiger partial charge in [0.15, 0.2) is 5.78 Å². The summed E-state index contributed by atoms with van der Waals surface area (Å²) >= 11 is 3.14. The maximum Gasteiger partial charge on any atom is 0.196 e. The molecule has 0 N–H and O–H groups in total. The largest absolute Gasteiger partial charge is 0.288 e. The summed E-state index contributed by atoms with van der Waals surface area (Å²) < 4.78 is 14.1. The zero-order valence-corrected chi connectivity index (χ0v) is 9.74. The van der Waals surface area contributed by atoms with Crippen LogP contribution in [0.25, 0.3) is 0 Å². The topological polar surface area (TPSA) is 30.0 Å². The monoisotopic (exact) mass is 279 g/mol. The van der Waals surface area contributed by atoms with Gasteiger partial charge in [0.25, 0.3) is 0 Å². The normalized spacial score (nSPS) is 10.1. The van der Waals surface area contributed by atoms with E-state index in [1.54, 1.807) is 18.2 Å². The van der Waals surface area contributed by atoms with Crippen molar-refractivity contribution in [3.05, 3.63) is 64.1 Å². The van der Waals surface area contributed by atoms with Crippen molar-refractivity contribution in [2.45, 2.75) is 0 Å². The number of halogens is 2. The molecule has 0 atom stereocenters. The molecule has 0 aliphatic rings. The number of pyridine rings is 1. The molecule has 0 radical (unpaired) electrons. The van der Waals surface area contributed by atoms with Crippen molar-refractivity contribution in [1.29, 1.82) is 0 Å². The number of rotatable bonds is 2. The van der Waals surface area contributed by atoms with Crippen molar-refractivity contribution in [3.63, 3.8) is 0 Å². The highest BCUT2D eigenvalue weighted by Crippen LogP contribution is 2.18. The maximum atomic E-state index is 13.5. The Morgan fingerprint density at radius 1 is 1.19 bits per heavy atom. The maximum absolute atomic E-state index is 13.5. The van der Waals surface area contributed by atoms with E-state index >= 15 is 0 Å². The first-order valence-corrected chi connectivity index (χ1v) is 5.37. The number of ketones is 1. The molecule has 0 saturated heterocycles. The van der Waals surface area contributed by atoms with E-state index < -0.39 is 5.82 Å². The van der Waals surface area contributed by atoms with Gasteiger partial charge in [0, 0.05) is 22.4 Å². The molecule has 0 fully saturated rings. The lowest BCUT2D eigenvalue weighted by molar-refractivity contribution is 0.103. The SMILES string of the molecule is O=C(c1ccncc1)c1ccc(Br)cc1F. The molecule has 0 unspecified atom stereocenters. The molecule has 2 nitrogen and oxygen atoms in total. The van der Waals surface area contributed by atoms with Crippen LogP contribution in [0.1, 0.15) is 15.9 Å². The molecule has 2 aromatic rings. The molecule has 1 aromatic carbocycles. The first kappa shape index (κ1) is 11.0. The van der Waals surface area contributed by atoms with Crippen molar-refractivity contribution < 1.29 is 9.18 Å². The van der Waals surface area contributed by atoms with Crippen LogP contribution in [0.15, 0.2) is 47.2 Å². The summed E-state index contributed by atoms with van der Waals surface area (Å²) in [6.07, 6.45) is 3.01. The minimum Gasteiger partial charge on any atom is -0.288 e. The van der Waals surface area contributed by atoms with Crippen molar-refractivity contribution >= 4 is 21.7 Å². The number of aromatic nitrogens is 1. The summed E-state index contributed by atoms with van der Waals surface area (Å²) in [7, 11) is 0. The van der Waals surface area contributed by atoms with Gasteiger partial charge in [-0.3, -0.25) is 9.78 Å². The molecule has 4 heteroatoms. The van der Waals surface area contributed by atoms with Crippen LogP contribution in [0.3, 0.4) is 0 Å². The lowest BCUT2D eigenvalue weighted by atomic mass is 10.0. The van der Waals surface area contributed by atoms with Crippen LogP contribution in [0, 0.1) is 5.82 Å². The van der Waals surface area contributed by atoms with Crippen LogP contribution < -0.4 is 0 Å². The van der Waals surface area contributed by atoms with Crippen LogP contribution >= 0.6 is 15.9 Å². The quantitative estimate of drug-likeness (QED) is 0.790. The highest BCUT2D eigenvalue weighted by atomic mass is 79.9. The molecule has 1 aromatic heterocycles. The van der Waals surface area contributed by atoms with Crippen molar-refractivity contribution in [3.8, 4) is 0 Å². The fourth-order valence-electron chi connectivity index (χ4n) is 1.33. The van der Waals surface area contributed by atoms with E-state index in [4.69, 9.17) is 0 Å². The molecule has 0 saturated carbocycles. The standard InChI is InChI=1S/C12H7BrFNO/c13-9-1-2-10(11(14)7-9)12(16)8-3-5-15-6-4-8/h1-7H. The Morgan fingerprint density at radius 3 is 2.50 bits per heavy atom. The van der Waals surface area contributed by atoms with Crippen LogP contribution in [0.5, 0.6) is 0 Å². The summed E-state index contributed by atoms with van der Waals surface area (Å²) in [5.74, 6) is -0.872. The minimum atomic E-state index is -0.531. The summed E-state index contributed by atoms with van der Waals surface area (Å²) in [5.41, 5.74) is 0.491. The molecule has 2 rings (SSSR count). The number of hydrogen-bond acceptors (Lipinski definition) is 2. The Labute approximate surface area is 100 Å². The Balaban J connectivity index is 2.42. The predicted molar refractivity (Wildman–Crippen MR) is 61.8 cm³/mol. The summed E-state index contributed by atoms with van der Waals surface area (Å²) in [6, 6.07) is 7.49. The minimum absolute atomic E-state index is 0.0643. The fraction of sp³-hybridized carbons (Fsp3) is 0. The van der Waals surface area contributed by atoms with Gasteiger partial charge in [-0.1, -0.05) is 15.9 Å². The van der Waals surface area contributed by atoms with Crippen LogP contribution in [-0.2, 0) is 0 Å². The zero-order chi connectivity index (χ0) is 11.5. The molecule has 0 aliphatic heterocycles. The van der Waals surface area contributed by atoms with E-state index in [1.165, 1.54) is 24.5 Å². The number of carbonyl (C=O) groups is 1. The number of carbonyl (C=O) groups excluding carboxylic acids is 1. The van der Waals surface area contributed by atoms with Gasteiger partial charge in [0.05, 0.1) is 5.56 Å². The van der Waals surface area contributed by atoms with Gasteiger partial charge in [-0.05, 0) is 30.3 Å². The van der Waals surface area contributed by atoms with Crippen molar-refractivity contribution in [2.75, 3.05) is 0 Å². The molecule has 1 heterocycles. The highest BCUT2D eigenvalue weighted by Gasteiger charge is 2.13. The third-order valence-electron chi connectivity index (χ3n) is 2.12. The Kier molecular flexibility index (Phi) is 3.10. The van der Waals surface area contributed by atoms with E-state index in [-0.39, 0.29) is 11.3 Å². The third-order valence-corrected chi connectivity index (χ3v) is 2.61. The smallest absolute Gasteiger partial charge is 0.196 e. The molecule has 0 aliphatic carbocycles. The highest BCUT2D eigenvalue weighted by molar-refractivity contribution is 9.10. The average Bonchev–Trinajstić information content (AvgIpc) is 2.29. The van der Waals surface area contributed by atoms with Gasteiger partial charge in [0.2, 0.25) is 0 Å². The fourth-order valence-corrected chi connectivity index (χ4v) is 1.67. The Bertz CT molecular complexity index is 528. The summed E-state index contributed by atoms with van der Waals surface area (Å²) in [4.78, 5) is 15.7. The van der Waals surface area contributed by atoms with E-state index in [0.29, 0.717) is 10.0 Å². The predicted octanol–water partition coefficient (Wildman–Crippen LogP) is 3.21. The van der Waals surface area contributed by atoms with E-state index in [2.05, 4.69) is 20.9 Å². The van der Waals surface area contributed by atoms with Gasteiger partial charge in [0.1, 0.15) is 5.82 Å².